The zero-order valence-corrected chi connectivity index (χ0v) is 16.3. The van der Waals surface area contributed by atoms with Crippen LogP contribution in [0.4, 0.5) is 10.5 Å². The van der Waals surface area contributed by atoms with Gasteiger partial charge in [-0.1, -0.05) is 6.07 Å². The molecular formula is C19H25N3O4S. The van der Waals surface area contributed by atoms with Gasteiger partial charge in [0.25, 0.3) is 0 Å². The molecule has 3 aliphatic rings. The summed E-state index contributed by atoms with van der Waals surface area (Å²) >= 11 is 0. The number of aryl methyl sites for hydroxylation is 2. The van der Waals surface area contributed by atoms with E-state index in [0.29, 0.717) is 13.1 Å². The van der Waals surface area contributed by atoms with Crippen molar-refractivity contribution in [3.63, 3.8) is 0 Å². The highest BCUT2D eigenvalue weighted by molar-refractivity contribution is 7.91. The first-order valence-corrected chi connectivity index (χ1v) is 11.2. The summed E-state index contributed by atoms with van der Waals surface area (Å²) in [5.74, 6) is -0.431. The second-order valence-corrected chi connectivity index (χ2v) is 9.39. The summed E-state index contributed by atoms with van der Waals surface area (Å²) in [6, 6.07) is 1.48. The third-order valence-corrected chi connectivity index (χ3v) is 7.61. The molecule has 0 saturated carbocycles. The number of likely N-dealkylation sites (tertiary alicyclic amines) is 1. The van der Waals surface area contributed by atoms with Gasteiger partial charge in [-0.15, -0.1) is 0 Å². The van der Waals surface area contributed by atoms with Crippen molar-refractivity contribution in [2.75, 3.05) is 18.4 Å². The third-order valence-electron chi connectivity index (χ3n) is 5.95. The van der Waals surface area contributed by atoms with Gasteiger partial charge in [0.1, 0.15) is 0 Å². The van der Waals surface area contributed by atoms with Crippen LogP contribution in [0.2, 0.25) is 0 Å². The Balaban J connectivity index is 1.53. The molecule has 1 aromatic rings. The summed E-state index contributed by atoms with van der Waals surface area (Å²) < 4.78 is 27.2. The van der Waals surface area contributed by atoms with Gasteiger partial charge in [0, 0.05) is 18.8 Å². The molecule has 0 bridgehead atoms. The highest BCUT2D eigenvalue weighted by Crippen LogP contribution is 2.38. The van der Waals surface area contributed by atoms with Gasteiger partial charge in [-0.05, 0) is 74.1 Å². The number of hydrogen-bond donors (Lipinski definition) is 2. The largest absolute Gasteiger partial charge is 0.342 e. The molecule has 146 valence electrons. The molecule has 2 aliphatic carbocycles. The maximum Gasteiger partial charge on any atom is 0.332 e. The van der Waals surface area contributed by atoms with Gasteiger partial charge >= 0.3 is 6.03 Å². The molecule has 7 nitrogen and oxygen atoms in total. The number of benzene rings is 1. The van der Waals surface area contributed by atoms with Crippen LogP contribution in [-0.2, 0) is 40.5 Å². The van der Waals surface area contributed by atoms with Crippen molar-refractivity contribution in [1.29, 1.82) is 0 Å². The Morgan fingerprint density at radius 2 is 1.78 bits per heavy atom. The minimum atomic E-state index is -4.05. The van der Waals surface area contributed by atoms with Crippen LogP contribution in [-0.4, -0.2) is 43.6 Å². The van der Waals surface area contributed by atoms with Gasteiger partial charge in [0.15, 0.2) is 5.25 Å². The number of amides is 3. The monoisotopic (exact) mass is 391 g/mol. The topological polar surface area (TPSA) is 95.6 Å². The Kier molecular flexibility index (Phi) is 4.61. The van der Waals surface area contributed by atoms with Crippen molar-refractivity contribution in [3.05, 3.63) is 28.3 Å². The summed E-state index contributed by atoms with van der Waals surface area (Å²) in [6.45, 7) is 2.69. The number of urea groups is 1. The molecule has 27 heavy (non-hydrogen) atoms. The first-order valence-electron chi connectivity index (χ1n) is 9.68. The lowest BCUT2D eigenvalue weighted by Crippen LogP contribution is -2.44. The second kappa shape index (κ2) is 6.82. The molecule has 1 unspecified atom stereocenters. The highest BCUT2D eigenvalue weighted by atomic mass is 32.2. The van der Waals surface area contributed by atoms with Crippen LogP contribution < -0.4 is 10.0 Å². The van der Waals surface area contributed by atoms with Crippen LogP contribution >= 0.6 is 0 Å². The number of carbonyl (C=O) groups is 2. The molecule has 1 fully saturated rings. The SMILES string of the molecule is CCN1CCC(S(=O)(=O)NC(=O)Nc2c3c(cc4c2CCC4)CCC3)C1=O. The number of rotatable bonds is 4. The predicted molar refractivity (Wildman–Crippen MR) is 102 cm³/mol. The van der Waals surface area contributed by atoms with Crippen LogP contribution in [0.5, 0.6) is 0 Å². The summed E-state index contributed by atoms with van der Waals surface area (Å²) in [4.78, 5) is 26.2. The first-order chi connectivity index (χ1) is 12.9. The van der Waals surface area contributed by atoms with Crippen molar-refractivity contribution in [3.8, 4) is 0 Å². The Labute approximate surface area is 159 Å². The van der Waals surface area contributed by atoms with E-state index in [1.807, 2.05) is 6.92 Å². The molecule has 8 heteroatoms. The van der Waals surface area contributed by atoms with Crippen LogP contribution in [0.15, 0.2) is 6.07 Å². The lowest BCUT2D eigenvalue weighted by atomic mass is 9.99. The van der Waals surface area contributed by atoms with E-state index in [1.54, 1.807) is 0 Å². The molecule has 1 atom stereocenters. The standard InChI is InChI=1S/C19H25N3O4S/c1-2-22-10-9-16(18(22)23)27(25,26)21-19(24)20-17-14-7-3-5-12(14)11-13-6-4-8-15(13)17/h11,16H,2-10H2,1H3,(H2,20,21,24). The Morgan fingerprint density at radius 3 is 2.33 bits per heavy atom. The van der Waals surface area contributed by atoms with E-state index >= 15 is 0 Å². The minimum Gasteiger partial charge on any atom is -0.342 e. The van der Waals surface area contributed by atoms with E-state index in [9.17, 15) is 18.0 Å². The van der Waals surface area contributed by atoms with Crippen molar-refractivity contribution in [2.24, 2.45) is 0 Å². The number of carbonyl (C=O) groups excluding carboxylic acids is 2. The van der Waals surface area contributed by atoms with Crippen molar-refractivity contribution >= 4 is 27.6 Å². The Morgan fingerprint density at radius 1 is 1.15 bits per heavy atom. The Bertz CT molecular complexity index is 878. The van der Waals surface area contributed by atoms with Crippen molar-refractivity contribution in [1.82, 2.24) is 9.62 Å². The number of sulfonamides is 1. The van der Waals surface area contributed by atoms with Crippen molar-refractivity contribution in [2.45, 2.75) is 57.1 Å². The fraction of sp³-hybridized carbons (Fsp3) is 0.579. The minimum absolute atomic E-state index is 0.214. The molecule has 0 radical (unpaired) electrons. The van der Waals surface area contributed by atoms with Crippen LogP contribution in [0, 0.1) is 0 Å². The van der Waals surface area contributed by atoms with Crippen LogP contribution in [0.3, 0.4) is 0 Å². The van der Waals surface area contributed by atoms with Gasteiger partial charge in [-0.25, -0.2) is 17.9 Å². The highest BCUT2D eigenvalue weighted by Gasteiger charge is 2.41. The average Bonchev–Trinajstić information content (AvgIpc) is 3.32. The molecule has 3 amide bonds. The van der Waals surface area contributed by atoms with E-state index in [4.69, 9.17) is 0 Å². The molecule has 1 aliphatic heterocycles. The molecule has 0 spiro atoms. The summed E-state index contributed by atoms with van der Waals surface area (Å²) in [7, 11) is -4.05. The van der Waals surface area contributed by atoms with Gasteiger partial charge in [-0.2, -0.15) is 0 Å². The molecule has 0 aromatic heterocycles. The van der Waals surface area contributed by atoms with Crippen LogP contribution in [0.25, 0.3) is 0 Å². The molecule has 1 heterocycles. The van der Waals surface area contributed by atoms with E-state index in [1.165, 1.54) is 16.0 Å². The lowest BCUT2D eigenvalue weighted by Gasteiger charge is -2.18. The maximum atomic E-state index is 12.6. The van der Waals surface area contributed by atoms with E-state index in [2.05, 4.69) is 16.1 Å². The van der Waals surface area contributed by atoms with Crippen molar-refractivity contribution < 1.29 is 18.0 Å². The van der Waals surface area contributed by atoms with Crippen LogP contribution in [0.1, 0.15) is 48.4 Å². The molecule has 2 N–H and O–H groups in total. The van der Waals surface area contributed by atoms with E-state index in [-0.39, 0.29) is 6.42 Å². The maximum absolute atomic E-state index is 12.6. The summed E-state index contributed by atoms with van der Waals surface area (Å²) in [6.07, 6.45) is 6.12. The number of nitrogens with one attached hydrogen (secondary N) is 2. The Hall–Kier alpha value is -2.09. The quantitative estimate of drug-likeness (QED) is 0.817. The second-order valence-electron chi connectivity index (χ2n) is 7.53. The summed E-state index contributed by atoms with van der Waals surface area (Å²) in [5.41, 5.74) is 5.59. The first kappa shape index (κ1) is 18.3. The smallest absolute Gasteiger partial charge is 0.332 e. The third kappa shape index (κ3) is 3.20. The normalized spacial score (nSPS) is 21.3. The molecule has 1 aromatic carbocycles. The lowest BCUT2D eigenvalue weighted by molar-refractivity contribution is -0.127. The van der Waals surface area contributed by atoms with Gasteiger partial charge in [-0.3, -0.25) is 4.79 Å². The van der Waals surface area contributed by atoms with Gasteiger partial charge < -0.3 is 10.2 Å². The van der Waals surface area contributed by atoms with Gasteiger partial charge in [0.2, 0.25) is 15.9 Å². The van der Waals surface area contributed by atoms with E-state index < -0.39 is 27.2 Å². The summed E-state index contributed by atoms with van der Waals surface area (Å²) in [5, 5.41) is 1.62. The molecular weight excluding hydrogens is 366 g/mol. The molecule has 1 saturated heterocycles. The van der Waals surface area contributed by atoms with Gasteiger partial charge in [0.05, 0.1) is 0 Å². The fourth-order valence-corrected chi connectivity index (χ4v) is 5.90. The number of fused-ring (bicyclic) bond motifs is 2. The molecule has 4 rings (SSSR count). The zero-order valence-electron chi connectivity index (χ0n) is 15.5. The zero-order chi connectivity index (χ0) is 19.2. The number of nitrogens with zero attached hydrogens (tertiary/aromatic N) is 1. The predicted octanol–water partition coefficient (Wildman–Crippen LogP) is 1.74. The number of anilines is 1. The van der Waals surface area contributed by atoms with E-state index in [0.717, 1.165) is 55.3 Å². The fourth-order valence-electron chi connectivity index (χ4n) is 4.62. The average molecular weight is 391 g/mol. The number of hydrogen-bond acceptors (Lipinski definition) is 4.